The van der Waals surface area contributed by atoms with Crippen molar-refractivity contribution in [3.8, 4) is 0 Å². The smallest absolute Gasteiger partial charge is 0.254 e. The Kier molecular flexibility index (Phi) is 3.35. The van der Waals surface area contributed by atoms with Gasteiger partial charge in [-0.05, 0) is 12.1 Å². The van der Waals surface area contributed by atoms with Crippen LogP contribution in [-0.2, 0) is 0 Å². The van der Waals surface area contributed by atoms with Crippen LogP contribution in [0.1, 0.15) is 10.4 Å². The Hall–Kier alpha value is -1.94. The van der Waals surface area contributed by atoms with E-state index in [2.05, 4.69) is 4.98 Å². The molecule has 0 aliphatic rings. The lowest BCUT2D eigenvalue weighted by Crippen LogP contribution is -2.29. The Morgan fingerprint density at radius 1 is 1.35 bits per heavy atom. The molecule has 0 spiro atoms. The lowest BCUT2D eigenvalue weighted by atomic mass is 10.1. The second kappa shape index (κ2) is 4.93. The Morgan fingerprint density at radius 3 is 2.88 bits per heavy atom. The predicted molar refractivity (Wildman–Crippen MR) is 65.8 cm³/mol. The molecule has 1 aromatic carbocycles. The fourth-order valence-electron chi connectivity index (χ4n) is 1.74. The summed E-state index contributed by atoms with van der Waals surface area (Å²) in [7, 11) is 1.67. The lowest BCUT2D eigenvalue weighted by Gasteiger charge is -2.16. The number of hydrogen-bond donors (Lipinski definition) is 1. The maximum absolute atomic E-state index is 12.1. The Bertz CT molecular complexity index is 534. The number of para-hydroxylation sites is 1. The third-order valence-corrected chi connectivity index (χ3v) is 2.66. The van der Waals surface area contributed by atoms with Crippen molar-refractivity contribution in [1.82, 2.24) is 9.88 Å². The van der Waals surface area contributed by atoms with Crippen molar-refractivity contribution < 1.29 is 9.90 Å². The summed E-state index contributed by atoms with van der Waals surface area (Å²) in [5.74, 6) is -0.0994. The summed E-state index contributed by atoms with van der Waals surface area (Å²) >= 11 is 0. The monoisotopic (exact) mass is 230 g/mol. The Morgan fingerprint density at radius 2 is 2.12 bits per heavy atom. The number of amides is 1. The van der Waals surface area contributed by atoms with Crippen LogP contribution in [-0.4, -0.2) is 41.1 Å². The normalized spacial score (nSPS) is 10.5. The third-order valence-electron chi connectivity index (χ3n) is 2.66. The van der Waals surface area contributed by atoms with Crippen LogP contribution >= 0.6 is 0 Å². The van der Waals surface area contributed by atoms with Gasteiger partial charge in [0.1, 0.15) is 0 Å². The molecule has 17 heavy (non-hydrogen) atoms. The molecule has 0 saturated heterocycles. The number of carbonyl (C=O) groups is 1. The van der Waals surface area contributed by atoms with E-state index in [4.69, 9.17) is 5.11 Å². The highest BCUT2D eigenvalue weighted by atomic mass is 16.3. The lowest BCUT2D eigenvalue weighted by molar-refractivity contribution is 0.0769. The maximum atomic E-state index is 12.1. The molecule has 1 heterocycles. The number of nitrogens with zero attached hydrogens (tertiary/aromatic N) is 2. The molecule has 0 unspecified atom stereocenters. The molecule has 2 aromatic rings. The number of carbonyl (C=O) groups excluding carboxylic acids is 1. The van der Waals surface area contributed by atoms with E-state index >= 15 is 0 Å². The SMILES string of the molecule is CN(CCO)C(=O)c1ccnc2ccccc12. The van der Waals surface area contributed by atoms with E-state index in [-0.39, 0.29) is 12.5 Å². The molecule has 0 radical (unpaired) electrons. The topological polar surface area (TPSA) is 53.4 Å². The highest BCUT2D eigenvalue weighted by Gasteiger charge is 2.14. The minimum Gasteiger partial charge on any atom is -0.395 e. The van der Waals surface area contributed by atoms with Gasteiger partial charge < -0.3 is 10.0 Å². The largest absolute Gasteiger partial charge is 0.395 e. The summed E-state index contributed by atoms with van der Waals surface area (Å²) in [6, 6.07) is 9.23. The summed E-state index contributed by atoms with van der Waals surface area (Å²) in [4.78, 5) is 17.8. The van der Waals surface area contributed by atoms with Crippen molar-refractivity contribution in [2.24, 2.45) is 0 Å². The second-order valence-corrected chi connectivity index (χ2v) is 3.83. The molecule has 0 saturated carbocycles. The van der Waals surface area contributed by atoms with E-state index in [9.17, 15) is 4.79 Å². The molecule has 0 bridgehead atoms. The second-order valence-electron chi connectivity index (χ2n) is 3.83. The highest BCUT2D eigenvalue weighted by molar-refractivity contribution is 6.05. The van der Waals surface area contributed by atoms with Gasteiger partial charge in [-0.1, -0.05) is 18.2 Å². The van der Waals surface area contributed by atoms with Gasteiger partial charge in [0, 0.05) is 25.2 Å². The predicted octanol–water partition coefficient (Wildman–Crippen LogP) is 1.30. The average Bonchev–Trinajstić information content (AvgIpc) is 2.37. The van der Waals surface area contributed by atoms with Crippen LogP contribution in [0.15, 0.2) is 36.5 Å². The van der Waals surface area contributed by atoms with Gasteiger partial charge in [-0.3, -0.25) is 9.78 Å². The van der Waals surface area contributed by atoms with E-state index in [0.29, 0.717) is 12.1 Å². The van der Waals surface area contributed by atoms with Crippen LogP contribution in [0.5, 0.6) is 0 Å². The van der Waals surface area contributed by atoms with Gasteiger partial charge in [-0.25, -0.2) is 0 Å². The quantitative estimate of drug-likeness (QED) is 0.864. The minimum atomic E-state index is -0.0994. The van der Waals surface area contributed by atoms with Crippen molar-refractivity contribution >= 4 is 16.8 Å². The summed E-state index contributed by atoms with van der Waals surface area (Å²) in [5.41, 5.74) is 1.42. The molecule has 0 aliphatic carbocycles. The first-order chi connectivity index (χ1) is 8.24. The van der Waals surface area contributed by atoms with Gasteiger partial charge in [0.15, 0.2) is 0 Å². The molecule has 1 aromatic heterocycles. The van der Waals surface area contributed by atoms with Crippen LogP contribution in [0.25, 0.3) is 10.9 Å². The van der Waals surface area contributed by atoms with Gasteiger partial charge in [-0.2, -0.15) is 0 Å². The number of fused-ring (bicyclic) bond motifs is 1. The van der Waals surface area contributed by atoms with Gasteiger partial charge in [0.2, 0.25) is 0 Å². The Labute approximate surface area is 99.5 Å². The zero-order valence-electron chi connectivity index (χ0n) is 9.63. The maximum Gasteiger partial charge on any atom is 0.254 e. The first-order valence-corrected chi connectivity index (χ1v) is 5.44. The number of hydrogen-bond acceptors (Lipinski definition) is 3. The summed E-state index contributed by atoms with van der Waals surface area (Å²) in [6.07, 6.45) is 1.63. The number of likely N-dealkylation sites (N-methyl/N-ethyl adjacent to an activating group) is 1. The molecule has 88 valence electrons. The third kappa shape index (κ3) is 2.26. The number of benzene rings is 1. The number of rotatable bonds is 3. The van der Waals surface area contributed by atoms with Crippen molar-refractivity contribution in [3.63, 3.8) is 0 Å². The molecule has 4 heteroatoms. The van der Waals surface area contributed by atoms with Crippen molar-refractivity contribution in [3.05, 3.63) is 42.1 Å². The van der Waals surface area contributed by atoms with Gasteiger partial charge in [0.25, 0.3) is 5.91 Å². The summed E-state index contributed by atoms with van der Waals surface area (Å²) in [6.45, 7) is 0.292. The fourth-order valence-corrected chi connectivity index (χ4v) is 1.74. The molecular weight excluding hydrogens is 216 g/mol. The van der Waals surface area contributed by atoms with Gasteiger partial charge >= 0.3 is 0 Å². The van der Waals surface area contributed by atoms with E-state index in [1.54, 1.807) is 19.3 Å². The van der Waals surface area contributed by atoms with Crippen LogP contribution in [0.3, 0.4) is 0 Å². The van der Waals surface area contributed by atoms with Gasteiger partial charge in [-0.15, -0.1) is 0 Å². The minimum absolute atomic E-state index is 0.0365. The van der Waals surface area contributed by atoms with Crippen LogP contribution < -0.4 is 0 Å². The zero-order chi connectivity index (χ0) is 12.3. The highest BCUT2D eigenvalue weighted by Crippen LogP contribution is 2.17. The van der Waals surface area contributed by atoms with E-state index in [0.717, 1.165) is 10.9 Å². The van der Waals surface area contributed by atoms with Crippen LogP contribution in [0.2, 0.25) is 0 Å². The van der Waals surface area contributed by atoms with Crippen molar-refractivity contribution in [1.29, 1.82) is 0 Å². The number of aliphatic hydroxyl groups excluding tert-OH is 1. The van der Waals surface area contributed by atoms with Gasteiger partial charge in [0.05, 0.1) is 17.7 Å². The number of pyridine rings is 1. The van der Waals surface area contributed by atoms with E-state index in [1.807, 2.05) is 24.3 Å². The zero-order valence-corrected chi connectivity index (χ0v) is 9.63. The molecule has 1 amide bonds. The summed E-state index contributed by atoms with van der Waals surface area (Å²) in [5, 5.41) is 9.68. The molecule has 2 rings (SSSR count). The molecule has 0 aliphatic heterocycles. The van der Waals surface area contributed by atoms with E-state index in [1.165, 1.54) is 4.90 Å². The molecule has 0 atom stereocenters. The van der Waals surface area contributed by atoms with E-state index < -0.39 is 0 Å². The molecular formula is C13H14N2O2. The van der Waals surface area contributed by atoms with Crippen LogP contribution in [0, 0.1) is 0 Å². The van der Waals surface area contributed by atoms with Crippen molar-refractivity contribution in [2.75, 3.05) is 20.2 Å². The number of aromatic nitrogens is 1. The molecule has 0 fully saturated rings. The van der Waals surface area contributed by atoms with Crippen molar-refractivity contribution in [2.45, 2.75) is 0 Å². The Balaban J connectivity index is 2.45. The summed E-state index contributed by atoms with van der Waals surface area (Å²) < 4.78 is 0. The first-order valence-electron chi connectivity index (χ1n) is 5.44. The molecule has 4 nitrogen and oxygen atoms in total. The fraction of sp³-hybridized carbons (Fsp3) is 0.231. The standard InChI is InChI=1S/C13H14N2O2/c1-15(8-9-16)13(17)11-6-7-14-12-5-3-2-4-10(11)12/h2-7,16H,8-9H2,1H3. The first kappa shape index (κ1) is 11.5. The number of aliphatic hydroxyl groups is 1. The molecule has 1 N–H and O–H groups in total. The van der Waals surface area contributed by atoms with Crippen LogP contribution in [0.4, 0.5) is 0 Å². The average molecular weight is 230 g/mol.